The van der Waals surface area contributed by atoms with Gasteiger partial charge in [-0.15, -0.1) is 0 Å². The normalized spacial score (nSPS) is 16.3. The van der Waals surface area contributed by atoms with Crippen LogP contribution >= 0.6 is 11.6 Å². The molecule has 1 fully saturated rings. The second-order valence-corrected chi connectivity index (χ2v) is 4.70. The quantitative estimate of drug-likeness (QED) is 0.781. The van der Waals surface area contributed by atoms with E-state index in [0.29, 0.717) is 12.1 Å². The number of nitrogens with two attached hydrogens (primary N) is 1. The number of nitrogens with zero attached hydrogens (tertiary/aromatic N) is 2. The molecule has 1 amide bonds. The van der Waals surface area contributed by atoms with Gasteiger partial charge in [0.15, 0.2) is 0 Å². The Hall–Kier alpha value is -1.37. The van der Waals surface area contributed by atoms with Crippen molar-refractivity contribution >= 4 is 23.3 Å². The van der Waals surface area contributed by atoms with Crippen molar-refractivity contribution < 1.29 is 9.53 Å². The molecule has 0 radical (unpaired) electrons. The third-order valence-electron chi connectivity index (χ3n) is 2.89. The molecule has 0 spiro atoms. The largest absolute Gasteiger partial charge is 0.384 e. The van der Waals surface area contributed by atoms with Gasteiger partial charge in [0.25, 0.3) is 5.91 Å². The number of rotatable bonds is 4. The van der Waals surface area contributed by atoms with Crippen LogP contribution in [-0.4, -0.2) is 55.2 Å². The molecule has 1 saturated heterocycles. The second-order valence-electron chi connectivity index (χ2n) is 4.31. The molecule has 6 nitrogen and oxygen atoms in total. The van der Waals surface area contributed by atoms with Crippen molar-refractivity contribution in [2.45, 2.75) is 0 Å². The van der Waals surface area contributed by atoms with Gasteiger partial charge in [0.05, 0.1) is 13.2 Å². The average molecular weight is 285 g/mol. The lowest BCUT2D eigenvalue weighted by Crippen LogP contribution is -2.41. The van der Waals surface area contributed by atoms with Crippen LogP contribution in [0, 0.1) is 0 Å². The maximum Gasteiger partial charge on any atom is 0.251 e. The number of hydrogen-bond acceptors (Lipinski definition) is 5. The van der Waals surface area contributed by atoms with Gasteiger partial charge in [-0.3, -0.25) is 9.69 Å². The number of carbonyl (C=O) groups excluding carboxylic acids is 1. The van der Waals surface area contributed by atoms with Gasteiger partial charge >= 0.3 is 0 Å². The maximum absolute atomic E-state index is 11.9. The molecule has 1 aliphatic heterocycles. The van der Waals surface area contributed by atoms with Crippen molar-refractivity contribution in [2.75, 3.05) is 45.1 Å². The molecule has 19 heavy (non-hydrogen) atoms. The van der Waals surface area contributed by atoms with E-state index in [9.17, 15) is 4.79 Å². The molecule has 1 aromatic heterocycles. The van der Waals surface area contributed by atoms with E-state index in [4.69, 9.17) is 22.1 Å². The number of nitrogen functional groups attached to an aromatic ring is 1. The lowest BCUT2D eigenvalue weighted by Gasteiger charge is -2.26. The minimum absolute atomic E-state index is 0.191. The Labute approximate surface area is 116 Å². The maximum atomic E-state index is 11.9. The molecule has 0 bridgehead atoms. The zero-order valence-electron chi connectivity index (χ0n) is 10.6. The number of pyridine rings is 1. The van der Waals surface area contributed by atoms with Crippen molar-refractivity contribution in [2.24, 2.45) is 0 Å². The second kappa shape index (κ2) is 6.70. The fourth-order valence-corrected chi connectivity index (χ4v) is 2.12. The molecule has 0 aliphatic carbocycles. The van der Waals surface area contributed by atoms with E-state index >= 15 is 0 Å². The molecule has 0 saturated carbocycles. The SMILES string of the molecule is Nc1cc(C(=O)NCCN2CCOCC2)cc(Cl)n1. The Kier molecular flexibility index (Phi) is 4.95. The highest BCUT2D eigenvalue weighted by Gasteiger charge is 2.11. The lowest BCUT2D eigenvalue weighted by atomic mass is 10.2. The van der Waals surface area contributed by atoms with Crippen LogP contribution < -0.4 is 11.1 Å². The number of hydrogen-bond donors (Lipinski definition) is 2. The van der Waals surface area contributed by atoms with Gasteiger partial charge in [0.1, 0.15) is 11.0 Å². The van der Waals surface area contributed by atoms with Crippen LogP contribution in [0.1, 0.15) is 10.4 Å². The van der Waals surface area contributed by atoms with Gasteiger partial charge in [-0.1, -0.05) is 11.6 Å². The summed E-state index contributed by atoms with van der Waals surface area (Å²) < 4.78 is 5.26. The summed E-state index contributed by atoms with van der Waals surface area (Å²) in [5.41, 5.74) is 5.98. The van der Waals surface area contributed by atoms with E-state index < -0.39 is 0 Å². The van der Waals surface area contributed by atoms with Crippen molar-refractivity contribution in [3.63, 3.8) is 0 Å². The van der Waals surface area contributed by atoms with Crippen LogP contribution in [0.25, 0.3) is 0 Å². The predicted molar refractivity (Wildman–Crippen MR) is 73.3 cm³/mol. The number of nitrogens with one attached hydrogen (secondary N) is 1. The average Bonchev–Trinajstić information content (AvgIpc) is 2.38. The van der Waals surface area contributed by atoms with Gasteiger partial charge in [-0.05, 0) is 12.1 Å². The lowest BCUT2D eigenvalue weighted by molar-refractivity contribution is 0.0383. The first-order chi connectivity index (χ1) is 9.15. The number of amides is 1. The van der Waals surface area contributed by atoms with Gasteiger partial charge in [-0.2, -0.15) is 0 Å². The topological polar surface area (TPSA) is 80.5 Å². The minimum Gasteiger partial charge on any atom is -0.384 e. The number of aromatic nitrogens is 1. The van der Waals surface area contributed by atoms with Gasteiger partial charge in [0, 0.05) is 31.7 Å². The molecule has 2 heterocycles. The highest BCUT2D eigenvalue weighted by Crippen LogP contribution is 2.11. The first-order valence-corrected chi connectivity index (χ1v) is 6.54. The van der Waals surface area contributed by atoms with Gasteiger partial charge in [-0.25, -0.2) is 4.98 Å². The number of halogens is 1. The summed E-state index contributed by atoms with van der Waals surface area (Å²) in [7, 11) is 0. The van der Waals surface area contributed by atoms with Crippen molar-refractivity contribution in [3.8, 4) is 0 Å². The van der Waals surface area contributed by atoms with Crippen LogP contribution in [0.5, 0.6) is 0 Å². The molecule has 7 heteroatoms. The van der Waals surface area contributed by atoms with Crippen molar-refractivity contribution in [1.82, 2.24) is 15.2 Å². The van der Waals surface area contributed by atoms with E-state index in [0.717, 1.165) is 32.8 Å². The number of morpholine rings is 1. The van der Waals surface area contributed by atoms with Crippen LogP contribution in [0.4, 0.5) is 5.82 Å². The Morgan fingerprint density at radius 1 is 1.47 bits per heavy atom. The summed E-state index contributed by atoms with van der Waals surface area (Å²) in [6.07, 6.45) is 0. The number of carbonyl (C=O) groups is 1. The first kappa shape index (κ1) is 14.0. The molecule has 0 unspecified atom stereocenters. The van der Waals surface area contributed by atoms with Gasteiger partial charge < -0.3 is 15.8 Å². The third-order valence-corrected chi connectivity index (χ3v) is 3.09. The van der Waals surface area contributed by atoms with Crippen LogP contribution in [0.3, 0.4) is 0 Å². The fraction of sp³-hybridized carbons (Fsp3) is 0.500. The van der Waals surface area contributed by atoms with E-state index in [2.05, 4.69) is 15.2 Å². The van der Waals surface area contributed by atoms with E-state index in [1.54, 1.807) is 0 Å². The highest BCUT2D eigenvalue weighted by atomic mass is 35.5. The number of ether oxygens (including phenoxy) is 1. The van der Waals surface area contributed by atoms with Gasteiger partial charge in [0.2, 0.25) is 0 Å². The minimum atomic E-state index is -0.191. The van der Waals surface area contributed by atoms with Crippen LogP contribution in [0.2, 0.25) is 5.15 Å². The summed E-state index contributed by atoms with van der Waals surface area (Å²) in [4.78, 5) is 18.0. The zero-order chi connectivity index (χ0) is 13.7. The van der Waals surface area contributed by atoms with E-state index in [1.807, 2.05) is 0 Å². The molecular formula is C12H17ClN4O2. The fourth-order valence-electron chi connectivity index (χ4n) is 1.90. The molecule has 1 aromatic rings. The standard InChI is InChI=1S/C12H17ClN4O2/c13-10-7-9(8-11(14)16-10)12(18)15-1-2-17-3-5-19-6-4-17/h7-8H,1-6H2,(H2,14,16)(H,15,18). The number of anilines is 1. The summed E-state index contributed by atoms with van der Waals surface area (Å²) in [6, 6.07) is 3.01. The van der Waals surface area contributed by atoms with Crippen LogP contribution in [-0.2, 0) is 4.74 Å². The Bertz CT molecular complexity index is 429. The summed E-state index contributed by atoms with van der Waals surface area (Å²) >= 11 is 5.76. The van der Waals surface area contributed by atoms with Crippen LogP contribution in [0.15, 0.2) is 12.1 Å². The van der Waals surface area contributed by atoms with E-state index in [1.165, 1.54) is 12.1 Å². The molecule has 0 aromatic carbocycles. The Morgan fingerprint density at radius 3 is 2.89 bits per heavy atom. The predicted octanol–water partition coefficient (Wildman–Crippen LogP) is 0.379. The van der Waals surface area contributed by atoms with E-state index in [-0.39, 0.29) is 16.9 Å². The molecule has 3 N–H and O–H groups in total. The zero-order valence-corrected chi connectivity index (χ0v) is 11.3. The molecular weight excluding hydrogens is 268 g/mol. The summed E-state index contributed by atoms with van der Waals surface area (Å²) in [6.45, 7) is 4.71. The molecule has 1 aliphatic rings. The molecule has 104 valence electrons. The van der Waals surface area contributed by atoms with Crippen molar-refractivity contribution in [1.29, 1.82) is 0 Å². The summed E-state index contributed by atoms with van der Waals surface area (Å²) in [5.74, 6) is 0.0510. The first-order valence-electron chi connectivity index (χ1n) is 6.16. The Balaban J connectivity index is 1.80. The summed E-state index contributed by atoms with van der Waals surface area (Å²) in [5, 5.41) is 3.06. The smallest absolute Gasteiger partial charge is 0.251 e. The molecule has 0 atom stereocenters. The monoisotopic (exact) mass is 284 g/mol. The van der Waals surface area contributed by atoms with Crippen molar-refractivity contribution in [3.05, 3.63) is 22.8 Å². The molecule has 2 rings (SSSR count). The third kappa shape index (κ3) is 4.34. The Morgan fingerprint density at radius 2 is 2.21 bits per heavy atom. The highest BCUT2D eigenvalue weighted by molar-refractivity contribution is 6.29.